The van der Waals surface area contributed by atoms with Crippen molar-refractivity contribution in [3.8, 4) is 0 Å². The molecule has 1 aliphatic carbocycles. The average molecular weight is 233 g/mol. The van der Waals surface area contributed by atoms with Crippen molar-refractivity contribution in [3.05, 3.63) is 35.9 Å². The summed E-state index contributed by atoms with van der Waals surface area (Å²) in [6.07, 6.45) is 2.29. The van der Waals surface area contributed by atoms with Gasteiger partial charge in [-0.05, 0) is 45.2 Å². The molecule has 0 bridgehead atoms. The highest BCUT2D eigenvalue weighted by Gasteiger charge is 2.33. The monoisotopic (exact) mass is 233 g/mol. The van der Waals surface area contributed by atoms with E-state index in [0.29, 0.717) is 6.04 Å². The second kappa shape index (κ2) is 5.19. The number of hydrogen-bond acceptors (Lipinski definition) is 2. The summed E-state index contributed by atoms with van der Waals surface area (Å²) < 4.78 is 0. The summed E-state index contributed by atoms with van der Waals surface area (Å²) in [6, 6.07) is 10.7. The van der Waals surface area contributed by atoms with Crippen LogP contribution in [0.5, 0.6) is 0 Å². The van der Waals surface area contributed by atoms with E-state index in [-0.39, 0.29) is 6.04 Å². The van der Waals surface area contributed by atoms with Gasteiger partial charge in [0.15, 0.2) is 0 Å². The molecule has 1 aliphatic rings. The molecule has 2 rings (SSSR count). The van der Waals surface area contributed by atoms with Gasteiger partial charge in [0.05, 0.1) is 6.10 Å². The lowest BCUT2D eigenvalue weighted by molar-refractivity contribution is 0.0479. The van der Waals surface area contributed by atoms with Crippen molar-refractivity contribution in [1.29, 1.82) is 0 Å². The van der Waals surface area contributed by atoms with Gasteiger partial charge in [0.1, 0.15) is 0 Å². The Morgan fingerprint density at radius 1 is 1.18 bits per heavy atom. The summed E-state index contributed by atoms with van der Waals surface area (Å²) in [5, 5.41) is 10.4. The van der Waals surface area contributed by atoms with Crippen LogP contribution < -0.4 is 0 Å². The first-order valence-corrected chi connectivity index (χ1v) is 6.56. The Morgan fingerprint density at radius 3 is 2.29 bits per heavy atom. The van der Waals surface area contributed by atoms with Crippen LogP contribution in [0.3, 0.4) is 0 Å². The van der Waals surface area contributed by atoms with Crippen molar-refractivity contribution in [2.24, 2.45) is 5.92 Å². The highest BCUT2D eigenvalue weighted by atomic mass is 16.3. The first-order valence-electron chi connectivity index (χ1n) is 6.56. The Morgan fingerprint density at radius 2 is 1.76 bits per heavy atom. The molecule has 2 heteroatoms. The lowest BCUT2D eigenvalue weighted by Gasteiger charge is -2.34. The number of likely N-dealkylation sites (N-methyl/N-ethyl adjacent to an activating group) is 1. The average Bonchev–Trinajstić information content (AvgIpc) is 3.20. The Balaban J connectivity index is 2.01. The molecular formula is C15H23NO. The number of aliphatic hydroxyl groups is 1. The zero-order valence-corrected chi connectivity index (χ0v) is 11.0. The number of benzene rings is 1. The zero-order chi connectivity index (χ0) is 12.4. The molecule has 1 saturated carbocycles. The fourth-order valence-electron chi connectivity index (χ4n) is 2.43. The van der Waals surface area contributed by atoms with Gasteiger partial charge in [-0.3, -0.25) is 4.90 Å². The summed E-state index contributed by atoms with van der Waals surface area (Å²) in [5.41, 5.74) is 1.01. The molecule has 0 spiro atoms. The van der Waals surface area contributed by atoms with E-state index < -0.39 is 6.10 Å². The zero-order valence-electron chi connectivity index (χ0n) is 11.0. The Kier molecular flexibility index (Phi) is 3.85. The van der Waals surface area contributed by atoms with E-state index >= 15 is 0 Å². The van der Waals surface area contributed by atoms with Crippen LogP contribution in [0.2, 0.25) is 0 Å². The highest BCUT2D eigenvalue weighted by molar-refractivity contribution is 5.18. The van der Waals surface area contributed by atoms with Crippen molar-refractivity contribution in [1.82, 2.24) is 4.90 Å². The number of nitrogens with zero attached hydrogens (tertiary/aromatic N) is 1. The van der Waals surface area contributed by atoms with Gasteiger partial charge in [0.25, 0.3) is 0 Å². The fraction of sp³-hybridized carbons (Fsp3) is 0.600. The quantitative estimate of drug-likeness (QED) is 0.845. The van der Waals surface area contributed by atoms with Crippen LogP contribution in [0, 0.1) is 5.92 Å². The topological polar surface area (TPSA) is 23.5 Å². The molecule has 2 nitrogen and oxygen atoms in total. The lowest BCUT2D eigenvalue weighted by Crippen LogP contribution is -2.41. The third kappa shape index (κ3) is 2.88. The van der Waals surface area contributed by atoms with Gasteiger partial charge >= 0.3 is 0 Å². The SMILES string of the molecule is CC(C1CC1)N(C)C(C)C(O)c1ccccc1. The molecule has 0 heterocycles. The molecule has 3 unspecified atom stereocenters. The summed E-state index contributed by atoms with van der Waals surface area (Å²) >= 11 is 0. The molecule has 1 aromatic rings. The molecule has 1 N–H and O–H groups in total. The maximum atomic E-state index is 10.4. The number of aliphatic hydroxyl groups excluding tert-OH is 1. The minimum absolute atomic E-state index is 0.160. The molecular weight excluding hydrogens is 210 g/mol. The van der Waals surface area contributed by atoms with Gasteiger partial charge < -0.3 is 5.11 Å². The van der Waals surface area contributed by atoms with Crippen LogP contribution in [-0.2, 0) is 0 Å². The van der Waals surface area contributed by atoms with Gasteiger partial charge in [-0.2, -0.15) is 0 Å². The molecule has 0 amide bonds. The first kappa shape index (κ1) is 12.6. The molecule has 1 aromatic carbocycles. The molecule has 0 saturated heterocycles. The van der Waals surface area contributed by atoms with Crippen LogP contribution in [-0.4, -0.2) is 29.1 Å². The van der Waals surface area contributed by atoms with E-state index in [1.165, 1.54) is 12.8 Å². The largest absolute Gasteiger partial charge is 0.387 e. The van der Waals surface area contributed by atoms with Crippen LogP contribution in [0.1, 0.15) is 38.4 Å². The van der Waals surface area contributed by atoms with Crippen molar-refractivity contribution < 1.29 is 5.11 Å². The second-order valence-electron chi connectivity index (χ2n) is 5.34. The Labute approximate surface area is 104 Å². The maximum Gasteiger partial charge on any atom is 0.0942 e. The van der Waals surface area contributed by atoms with Crippen LogP contribution >= 0.6 is 0 Å². The molecule has 17 heavy (non-hydrogen) atoms. The third-order valence-corrected chi connectivity index (χ3v) is 4.19. The predicted molar refractivity (Wildman–Crippen MR) is 70.8 cm³/mol. The summed E-state index contributed by atoms with van der Waals surface area (Å²) in [7, 11) is 2.12. The van der Waals surface area contributed by atoms with E-state index in [4.69, 9.17) is 0 Å². The number of hydrogen-bond donors (Lipinski definition) is 1. The van der Waals surface area contributed by atoms with Gasteiger partial charge in [0, 0.05) is 12.1 Å². The van der Waals surface area contributed by atoms with E-state index in [2.05, 4.69) is 25.8 Å². The van der Waals surface area contributed by atoms with E-state index in [1.54, 1.807) is 0 Å². The summed E-state index contributed by atoms with van der Waals surface area (Å²) in [5.74, 6) is 0.838. The van der Waals surface area contributed by atoms with E-state index in [9.17, 15) is 5.11 Å². The maximum absolute atomic E-state index is 10.4. The van der Waals surface area contributed by atoms with Gasteiger partial charge in [-0.1, -0.05) is 30.3 Å². The van der Waals surface area contributed by atoms with Gasteiger partial charge in [0.2, 0.25) is 0 Å². The normalized spacial score (nSPS) is 21.2. The Bertz CT molecular complexity index is 347. The number of rotatable bonds is 5. The summed E-state index contributed by atoms with van der Waals surface area (Å²) in [4.78, 5) is 2.31. The third-order valence-electron chi connectivity index (χ3n) is 4.19. The van der Waals surface area contributed by atoms with Crippen molar-refractivity contribution in [2.45, 2.75) is 44.9 Å². The minimum Gasteiger partial charge on any atom is -0.387 e. The Hall–Kier alpha value is -0.860. The minimum atomic E-state index is -0.401. The first-order chi connectivity index (χ1) is 8.11. The van der Waals surface area contributed by atoms with E-state index in [1.807, 2.05) is 30.3 Å². The fourth-order valence-corrected chi connectivity index (χ4v) is 2.43. The molecule has 0 radical (unpaired) electrons. The smallest absolute Gasteiger partial charge is 0.0942 e. The summed E-state index contributed by atoms with van der Waals surface area (Å²) in [6.45, 7) is 4.38. The van der Waals surface area contributed by atoms with Crippen molar-refractivity contribution >= 4 is 0 Å². The van der Waals surface area contributed by atoms with Crippen LogP contribution in [0.25, 0.3) is 0 Å². The van der Waals surface area contributed by atoms with Crippen molar-refractivity contribution in [3.63, 3.8) is 0 Å². The van der Waals surface area contributed by atoms with Gasteiger partial charge in [-0.25, -0.2) is 0 Å². The lowest BCUT2D eigenvalue weighted by atomic mass is 10.0. The standard InChI is InChI=1S/C15H23NO/c1-11(13-9-10-13)16(3)12(2)15(17)14-7-5-4-6-8-14/h4-8,11-13,15,17H,9-10H2,1-3H3. The molecule has 94 valence electrons. The van der Waals surface area contributed by atoms with Crippen LogP contribution in [0.4, 0.5) is 0 Å². The van der Waals surface area contributed by atoms with E-state index in [0.717, 1.165) is 11.5 Å². The predicted octanol–water partition coefficient (Wildman–Crippen LogP) is 2.84. The molecule has 0 aliphatic heterocycles. The van der Waals surface area contributed by atoms with Crippen LogP contribution in [0.15, 0.2) is 30.3 Å². The molecule has 0 aromatic heterocycles. The second-order valence-corrected chi connectivity index (χ2v) is 5.34. The van der Waals surface area contributed by atoms with Gasteiger partial charge in [-0.15, -0.1) is 0 Å². The molecule has 3 atom stereocenters. The highest BCUT2D eigenvalue weighted by Crippen LogP contribution is 2.36. The van der Waals surface area contributed by atoms with Crippen molar-refractivity contribution in [2.75, 3.05) is 7.05 Å². The molecule has 1 fully saturated rings.